The van der Waals surface area contributed by atoms with Gasteiger partial charge in [-0.25, -0.2) is 4.79 Å². The summed E-state index contributed by atoms with van der Waals surface area (Å²) in [6.45, 7) is -0.191. The van der Waals surface area contributed by atoms with Gasteiger partial charge in [-0.1, -0.05) is 24.3 Å². The summed E-state index contributed by atoms with van der Waals surface area (Å²) in [6.07, 6.45) is -4.78. The van der Waals surface area contributed by atoms with Gasteiger partial charge in [-0.05, 0) is 29.8 Å². The summed E-state index contributed by atoms with van der Waals surface area (Å²) < 4.78 is 41.6. The molecule has 0 saturated heterocycles. The number of H-pyrrole nitrogens is 1. The van der Waals surface area contributed by atoms with Crippen LogP contribution in [-0.4, -0.2) is 33.8 Å². The van der Waals surface area contributed by atoms with Gasteiger partial charge < -0.3 is 9.64 Å². The van der Waals surface area contributed by atoms with E-state index in [1.165, 1.54) is 24.1 Å². The van der Waals surface area contributed by atoms with Crippen LogP contribution in [0.5, 0.6) is 5.75 Å². The minimum absolute atomic E-state index is 0.112. The molecule has 1 heterocycles. The Kier molecular flexibility index (Phi) is 5.44. The van der Waals surface area contributed by atoms with Crippen molar-refractivity contribution in [3.05, 3.63) is 74.9 Å². The van der Waals surface area contributed by atoms with E-state index in [-0.39, 0.29) is 24.2 Å². The van der Waals surface area contributed by atoms with Crippen LogP contribution in [0.25, 0.3) is 10.9 Å². The number of hydrogen-bond donors (Lipinski definition) is 1. The van der Waals surface area contributed by atoms with Crippen molar-refractivity contribution in [3.8, 4) is 5.75 Å². The molecule has 1 N–H and O–H groups in total. The first kappa shape index (κ1) is 20.2. The Morgan fingerprint density at radius 2 is 1.76 bits per heavy atom. The number of ether oxygens (including phenoxy) is 1. The smallest absolute Gasteiger partial charge is 0.406 e. The number of alkyl halides is 3. The number of carbonyl (C=O) groups is 1. The quantitative estimate of drug-likeness (QED) is 0.703. The molecule has 152 valence electrons. The van der Waals surface area contributed by atoms with E-state index < -0.39 is 23.5 Å². The van der Waals surface area contributed by atoms with Crippen LogP contribution in [0, 0.1) is 0 Å². The number of carbonyl (C=O) groups excluding carboxylic acids is 1. The second kappa shape index (κ2) is 7.82. The Labute approximate surface area is 161 Å². The predicted molar refractivity (Wildman–Crippen MR) is 98.4 cm³/mol. The zero-order valence-electron chi connectivity index (χ0n) is 15.2. The van der Waals surface area contributed by atoms with Gasteiger partial charge in [0.25, 0.3) is 5.56 Å². The number of amides is 1. The molecule has 0 aliphatic rings. The summed E-state index contributed by atoms with van der Waals surface area (Å²) in [7, 11) is 1.50. The Hall–Kier alpha value is -3.56. The van der Waals surface area contributed by atoms with Gasteiger partial charge in [0.05, 0.1) is 10.9 Å². The fourth-order valence-corrected chi connectivity index (χ4v) is 2.81. The zero-order chi connectivity index (χ0) is 21.2. The summed E-state index contributed by atoms with van der Waals surface area (Å²) in [5.41, 5.74) is -0.335. The molecule has 7 nitrogen and oxygen atoms in total. The average molecular weight is 407 g/mol. The Balaban J connectivity index is 1.74. The number of nitrogens with zero attached hydrogens (tertiary/aromatic N) is 2. The molecule has 3 rings (SSSR count). The number of rotatable bonds is 5. The van der Waals surface area contributed by atoms with Gasteiger partial charge in [0.15, 0.2) is 0 Å². The second-order valence-corrected chi connectivity index (χ2v) is 6.30. The maximum absolute atomic E-state index is 12.6. The van der Waals surface area contributed by atoms with Crippen molar-refractivity contribution in [1.29, 1.82) is 0 Å². The molecule has 10 heteroatoms. The van der Waals surface area contributed by atoms with E-state index in [2.05, 4.69) is 9.72 Å². The lowest BCUT2D eigenvalue weighted by atomic mass is 10.2. The first-order valence-corrected chi connectivity index (χ1v) is 8.44. The zero-order valence-corrected chi connectivity index (χ0v) is 15.2. The van der Waals surface area contributed by atoms with Crippen molar-refractivity contribution in [1.82, 2.24) is 14.5 Å². The van der Waals surface area contributed by atoms with Crippen molar-refractivity contribution < 1.29 is 22.7 Å². The van der Waals surface area contributed by atoms with Gasteiger partial charge in [-0.2, -0.15) is 0 Å². The van der Waals surface area contributed by atoms with E-state index in [0.29, 0.717) is 11.1 Å². The molecule has 2 aromatic carbocycles. The van der Waals surface area contributed by atoms with E-state index in [1.54, 1.807) is 24.3 Å². The highest BCUT2D eigenvalue weighted by Gasteiger charge is 2.31. The number of aromatic amines is 1. The predicted octanol–water partition coefficient (Wildman–Crippen LogP) is 2.25. The number of fused-ring (bicyclic) bond motifs is 1. The highest BCUT2D eigenvalue weighted by atomic mass is 19.4. The fraction of sp³-hybridized carbons (Fsp3) is 0.211. The normalized spacial score (nSPS) is 11.4. The lowest BCUT2D eigenvalue weighted by Crippen LogP contribution is -2.37. The van der Waals surface area contributed by atoms with Crippen LogP contribution in [0.4, 0.5) is 13.2 Å². The van der Waals surface area contributed by atoms with Crippen LogP contribution < -0.4 is 16.0 Å². The lowest BCUT2D eigenvalue weighted by molar-refractivity contribution is -0.274. The van der Waals surface area contributed by atoms with Crippen LogP contribution in [0.3, 0.4) is 0 Å². The van der Waals surface area contributed by atoms with Crippen LogP contribution in [0.2, 0.25) is 0 Å². The van der Waals surface area contributed by atoms with Crippen LogP contribution in [0.15, 0.2) is 58.1 Å². The number of aromatic nitrogens is 2. The molecular formula is C19H16F3N3O4. The summed E-state index contributed by atoms with van der Waals surface area (Å²) in [6, 6.07) is 11.5. The number of benzene rings is 2. The van der Waals surface area contributed by atoms with E-state index in [9.17, 15) is 27.6 Å². The third kappa shape index (κ3) is 4.84. The monoisotopic (exact) mass is 407 g/mol. The topological polar surface area (TPSA) is 84.4 Å². The Bertz CT molecular complexity index is 1150. The number of likely N-dealkylation sites (N-methyl/N-ethyl adjacent to an activating group) is 1. The first-order chi connectivity index (χ1) is 13.6. The summed E-state index contributed by atoms with van der Waals surface area (Å²) in [4.78, 5) is 40.1. The Morgan fingerprint density at radius 3 is 2.41 bits per heavy atom. The maximum Gasteiger partial charge on any atom is 0.573 e. The van der Waals surface area contributed by atoms with Crippen molar-refractivity contribution in [2.24, 2.45) is 0 Å². The van der Waals surface area contributed by atoms with E-state index in [4.69, 9.17) is 0 Å². The van der Waals surface area contributed by atoms with Gasteiger partial charge >= 0.3 is 12.1 Å². The van der Waals surface area contributed by atoms with Crippen LogP contribution >= 0.6 is 0 Å². The SMILES string of the molecule is CN(Cc1ccc(OC(F)(F)F)cc1)C(=O)Cn1c(=O)[nH]c(=O)c2ccccc21. The lowest BCUT2D eigenvalue weighted by Gasteiger charge is -2.19. The number of halogens is 3. The third-order valence-electron chi connectivity index (χ3n) is 4.20. The molecule has 0 fully saturated rings. The maximum atomic E-state index is 12.6. The molecule has 0 spiro atoms. The standard InChI is InChI=1S/C19H16F3N3O4/c1-24(10-12-6-8-13(9-7-12)29-19(20,21)22)16(26)11-25-15-5-3-2-4-14(15)17(27)23-18(25)28/h2-9H,10-11H2,1H3,(H,23,27,28). The molecular weight excluding hydrogens is 391 g/mol. The van der Waals surface area contributed by atoms with Crippen LogP contribution in [0.1, 0.15) is 5.56 Å². The third-order valence-corrected chi connectivity index (χ3v) is 4.20. The van der Waals surface area contributed by atoms with Crippen molar-refractivity contribution >= 4 is 16.8 Å². The van der Waals surface area contributed by atoms with Gasteiger partial charge in [-0.15, -0.1) is 13.2 Å². The Morgan fingerprint density at radius 1 is 1.10 bits per heavy atom. The number of nitrogens with one attached hydrogen (secondary N) is 1. The molecule has 0 atom stereocenters. The molecule has 0 aliphatic heterocycles. The molecule has 0 unspecified atom stereocenters. The molecule has 1 aromatic heterocycles. The summed E-state index contributed by atoms with van der Waals surface area (Å²) in [5.74, 6) is -0.776. The highest BCUT2D eigenvalue weighted by Crippen LogP contribution is 2.23. The van der Waals surface area contributed by atoms with Crippen molar-refractivity contribution in [2.75, 3.05) is 7.05 Å². The summed E-state index contributed by atoms with van der Waals surface area (Å²) in [5, 5.41) is 0.280. The van der Waals surface area contributed by atoms with Gasteiger partial charge in [-0.3, -0.25) is 19.1 Å². The van der Waals surface area contributed by atoms with E-state index >= 15 is 0 Å². The van der Waals surface area contributed by atoms with Gasteiger partial charge in [0.1, 0.15) is 12.3 Å². The largest absolute Gasteiger partial charge is 0.573 e. The molecule has 0 aliphatic carbocycles. The minimum atomic E-state index is -4.78. The minimum Gasteiger partial charge on any atom is -0.406 e. The first-order valence-electron chi connectivity index (χ1n) is 8.44. The highest BCUT2D eigenvalue weighted by molar-refractivity contribution is 5.81. The van der Waals surface area contributed by atoms with Gasteiger partial charge in [0, 0.05) is 13.6 Å². The van der Waals surface area contributed by atoms with Crippen molar-refractivity contribution in [3.63, 3.8) is 0 Å². The molecule has 0 bridgehead atoms. The second-order valence-electron chi connectivity index (χ2n) is 6.30. The molecule has 29 heavy (non-hydrogen) atoms. The summed E-state index contributed by atoms with van der Waals surface area (Å²) >= 11 is 0. The molecule has 1 amide bonds. The van der Waals surface area contributed by atoms with Crippen LogP contribution in [-0.2, 0) is 17.9 Å². The number of para-hydroxylation sites is 1. The van der Waals surface area contributed by atoms with Gasteiger partial charge in [0.2, 0.25) is 5.91 Å². The number of hydrogen-bond acceptors (Lipinski definition) is 4. The molecule has 0 radical (unpaired) electrons. The fourth-order valence-electron chi connectivity index (χ4n) is 2.81. The van der Waals surface area contributed by atoms with E-state index in [0.717, 1.165) is 16.7 Å². The van der Waals surface area contributed by atoms with Crippen molar-refractivity contribution in [2.45, 2.75) is 19.5 Å². The average Bonchev–Trinajstić information content (AvgIpc) is 2.65. The molecule has 3 aromatic rings. The molecule has 0 saturated carbocycles. The van der Waals surface area contributed by atoms with E-state index in [1.807, 2.05) is 0 Å².